The van der Waals surface area contributed by atoms with Crippen molar-refractivity contribution in [3.63, 3.8) is 0 Å². The van der Waals surface area contributed by atoms with Crippen LogP contribution in [0.5, 0.6) is 5.75 Å². The smallest absolute Gasteiger partial charge is 0.410 e. The van der Waals surface area contributed by atoms with Gasteiger partial charge in [-0.15, -0.1) is 11.5 Å². The molecule has 1 aliphatic carbocycles. The van der Waals surface area contributed by atoms with Crippen molar-refractivity contribution in [3.05, 3.63) is 137 Å². The molecule has 5 amide bonds. The van der Waals surface area contributed by atoms with Gasteiger partial charge in [0.05, 0.1) is 38.2 Å². The van der Waals surface area contributed by atoms with Crippen molar-refractivity contribution >= 4 is 41.7 Å². The lowest BCUT2D eigenvalue weighted by Crippen LogP contribution is -2.59. The molecule has 0 bridgehead atoms. The number of fused-ring (bicyclic) bond motifs is 3. The third kappa shape index (κ3) is 14.9. The molecule has 5 aromatic rings. The molecule has 1 saturated heterocycles. The van der Waals surface area contributed by atoms with Crippen molar-refractivity contribution < 1.29 is 52.5 Å². The predicted molar refractivity (Wildman–Crippen MR) is 293 cm³/mol. The standard InChI is InChI=1S/C60H70N8O11/c1-10-28-61-55(71)50(30-39-18-12-11-13-19-39)62-56(72)51-32-43(34-67(51)57(73)53(37(2)3)63-54(70)38(4)66(8)59(75)79-60(5,6)7)68-33-42(64-65-68)35-77-44-26-24-40(25-27-44)29-41(58(74)76-9)31-52(69)78-36-49-47-22-16-14-20-45(47)46-21-15-17-23-48(46)49/h1,11-27,33,37-38,41,43,49-51,53H,28-32,34-36H2,2-9H3,(H,61,71)(H,62,72)(H,63,70)/t38-,41+,43-,50-,51-,53-/m0/s1. The van der Waals surface area contributed by atoms with Gasteiger partial charge in [0.15, 0.2) is 0 Å². The topological polar surface area (TPSA) is 230 Å². The average Bonchev–Trinajstić information content (AvgIpc) is 4.26. The van der Waals surface area contributed by atoms with Crippen molar-refractivity contribution in [2.45, 2.75) is 116 Å². The third-order valence-electron chi connectivity index (χ3n) is 14.1. The van der Waals surface area contributed by atoms with Crippen molar-refractivity contribution in [3.8, 4) is 29.2 Å². The van der Waals surface area contributed by atoms with E-state index in [0.29, 0.717) is 11.4 Å². The first-order valence-corrected chi connectivity index (χ1v) is 26.4. The number of nitrogens with one attached hydrogen (secondary N) is 3. The minimum Gasteiger partial charge on any atom is -0.487 e. The van der Waals surface area contributed by atoms with Crippen LogP contribution in [0.2, 0.25) is 0 Å². The molecule has 19 nitrogen and oxygen atoms in total. The van der Waals surface area contributed by atoms with Gasteiger partial charge in [-0.2, -0.15) is 0 Å². The highest BCUT2D eigenvalue weighted by Crippen LogP contribution is 2.44. The van der Waals surface area contributed by atoms with E-state index in [2.05, 4.69) is 44.3 Å². The summed E-state index contributed by atoms with van der Waals surface area (Å²) in [4.78, 5) is 98.2. The summed E-state index contributed by atoms with van der Waals surface area (Å²) in [6.07, 6.45) is 6.63. The second-order valence-corrected chi connectivity index (χ2v) is 21.2. The first kappa shape index (κ1) is 58.2. The molecule has 0 radical (unpaired) electrons. The summed E-state index contributed by atoms with van der Waals surface area (Å²) in [7, 11) is 2.72. The number of aromatic nitrogens is 3. The van der Waals surface area contributed by atoms with Crippen LogP contribution in [0.15, 0.2) is 109 Å². The maximum Gasteiger partial charge on any atom is 0.410 e. The molecule has 2 heterocycles. The monoisotopic (exact) mass is 1080 g/mol. The number of esters is 2. The second-order valence-electron chi connectivity index (χ2n) is 21.2. The van der Waals surface area contributed by atoms with Gasteiger partial charge in [0, 0.05) is 32.4 Å². The van der Waals surface area contributed by atoms with Crippen molar-refractivity contribution in [1.82, 2.24) is 40.7 Å². The molecule has 1 fully saturated rings. The van der Waals surface area contributed by atoms with E-state index in [-0.39, 0.29) is 57.9 Å². The normalized spacial score (nSPS) is 16.2. The van der Waals surface area contributed by atoms with Crippen LogP contribution < -0.4 is 20.7 Å². The first-order valence-electron chi connectivity index (χ1n) is 26.4. The van der Waals surface area contributed by atoms with Crippen molar-refractivity contribution in [2.24, 2.45) is 11.8 Å². The Labute approximate surface area is 461 Å². The van der Waals surface area contributed by atoms with E-state index in [0.717, 1.165) is 38.3 Å². The van der Waals surface area contributed by atoms with Crippen LogP contribution >= 0.6 is 0 Å². The van der Waals surface area contributed by atoms with E-state index in [1.54, 1.807) is 69.8 Å². The number of carbonyl (C=O) groups excluding carboxylic acids is 7. The Bertz CT molecular complexity index is 2970. The molecule has 1 aliphatic heterocycles. The van der Waals surface area contributed by atoms with Crippen LogP contribution in [0.3, 0.4) is 0 Å². The van der Waals surface area contributed by atoms with Gasteiger partial charge in [0.1, 0.15) is 54.4 Å². The van der Waals surface area contributed by atoms with Crippen LogP contribution in [0.4, 0.5) is 4.79 Å². The zero-order chi connectivity index (χ0) is 57.0. The third-order valence-corrected chi connectivity index (χ3v) is 14.1. The van der Waals surface area contributed by atoms with Gasteiger partial charge >= 0.3 is 18.0 Å². The zero-order valence-electron chi connectivity index (χ0n) is 46.0. The van der Waals surface area contributed by atoms with E-state index >= 15 is 0 Å². The number of ether oxygens (including phenoxy) is 4. The van der Waals surface area contributed by atoms with Crippen LogP contribution in [-0.2, 0) is 62.4 Å². The fourth-order valence-corrected chi connectivity index (χ4v) is 9.72. The van der Waals surface area contributed by atoms with Crippen molar-refractivity contribution in [2.75, 3.05) is 33.9 Å². The largest absolute Gasteiger partial charge is 0.487 e. The maximum absolute atomic E-state index is 14.8. The summed E-state index contributed by atoms with van der Waals surface area (Å²) in [5.74, 6) is -1.83. The summed E-state index contributed by atoms with van der Waals surface area (Å²) in [5.41, 5.74) is 5.57. The molecule has 1 aromatic heterocycles. The highest BCUT2D eigenvalue weighted by atomic mass is 16.6. The number of rotatable bonds is 22. The first-order chi connectivity index (χ1) is 37.7. The van der Waals surface area contributed by atoms with Gasteiger partial charge in [-0.25, -0.2) is 9.48 Å². The number of hydrogen-bond donors (Lipinski definition) is 3. The summed E-state index contributed by atoms with van der Waals surface area (Å²) in [6.45, 7) is 10.2. The Morgan fingerprint density at radius 3 is 2.08 bits per heavy atom. The number of likely N-dealkylation sites (N-methyl/N-ethyl adjacent to an activating group) is 1. The minimum absolute atomic E-state index is 0.00346. The fraction of sp³-hybridized carbons (Fsp3) is 0.417. The quantitative estimate of drug-likeness (QED) is 0.0414. The number of hydrogen-bond acceptors (Lipinski definition) is 13. The molecule has 0 spiro atoms. The fourth-order valence-electron chi connectivity index (χ4n) is 9.72. The summed E-state index contributed by atoms with van der Waals surface area (Å²) in [5, 5.41) is 17.1. The zero-order valence-corrected chi connectivity index (χ0v) is 46.0. The Morgan fingerprint density at radius 1 is 0.823 bits per heavy atom. The van der Waals surface area contributed by atoms with Crippen LogP contribution in [-0.4, -0.2) is 130 Å². The SMILES string of the molecule is C#CCNC(=O)[C@H](Cc1ccccc1)NC(=O)[C@@H]1C[C@H](n2cc(COc3ccc(C[C@H](CC(=O)OCC4c5ccccc5-c5ccccc54)C(=O)OC)cc3)nn2)CN1C(=O)[C@@H](NC(=O)[C@H](C)N(C)C(=O)OC(C)(C)C)C(C)C. The van der Waals surface area contributed by atoms with E-state index in [4.69, 9.17) is 25.4 Å². The Balaban J connectivity index is 1.01. The molecule has 0 saturated carbocycles. The average molecular weight is 1080 g/mol. The summed E-state index contributed by atoms with van der Waals surface area (Å²) < 4.78 is 24.0. The van der Waals surface area contributed by atoms with Crippen LogP contribution in [0, 0.1) is 24.2 Å². The number of amides is 5. The lowest BCUT2D eigenvalue weighted by Gasteiger charge is -2.33. The molecule has 2 aliphatic rings. The molecule has 4 aromatic carbocycles. The van der Waals surface area contributed by atoms with E-state index < -0.39 is 89.3 Å². The van der Waals surface area contributed by atoms with Gasteiger partial charge in [-0.1, -0.05) is 116 Å². The number of likely N-dealkylation sites (tertiary alicyclic amines) is 1. The molecule has 416 valence electrons. The summed E-state index contributed by atoms with van der Waals surface area (Å²) >= 11 is 0. The highest BCUT2D eigenvalue weighted by molar-refractivity contribution is 5.96. The molecule has 6 atom stereocenters. The Kier molecular flexibility index (Phi) is 19.3. The maximum atomic E-state index is 14.8. The lowest BCUT2D eigenvalue weighted by atomic mass is 9.96. The van der Waals surface area contributed by atoms with Gasteiger partial charge in [-0.05, 0) is 85.5 Å². The minimum atomic E-state index is -1.13. The van der Waals surface area contributed by atoms with Crippen molar-refractivity contribution in [1.29, 1.82) is 0 Å². The highest BCUT2D eigenvalue weighted by Gasteiger charge is 2.45. The molecule has 7 rings (SSSR count). The van der Waals surface area contributed by atoms with E-state index in [9.17, 15) is 33.6 Å². The van der Waals surface area contributed by atoms with Crippen LogP contribution in [0.1, 0.15) is 94.3 Å². The van der Waals surface area contributed by atoms with Gasteiger partial charge < -0.3 is 39.8 Å². The number of benzene rings is 4. The Hall–Kier alpha value is -8.53. The number of methoxy groups -OCH3 is 1. The molecule has 79 heavy (non-hydrogen) atoms. The van der Waals surface area contributed by atoms with Gasteiger partial charge in [0.25, 0.3) is 0 Å². The number of terminal acetylenes is 1. The molecule has 3 N–H and O–H groups in total. The molecular weight excluding hydrogens is 1010 g/mol. The number of nitrogens with zero attached hydrogens (tertiary/aromatic N) is 5. The van der Waals surface area contributed by atoms with Gasteiger partial charge in [-0.3, -0.25) is 33.7 Å². The second kappa shape index (κ2) is 26.2. The Morgan fingerprint density at radius 2 is 1.46 bits per heavy atom. The molecule has 0 unspecified atom stereocenters. The molecular formula is C60H70N8O11. The number of carbonyl (C=O) groups is 7. The lowest BCUT2D eigenvalue weighted by molar-refractivity contribution is -0.153. The predicted octanol–water partition coefficient (Wildman–Crippen LogP) is 5.95. The molecule has 19 heteroatoms. The van der Waals surface area contributed by atoms with E-state index in [1.165, 1.54) is 26.0 Å². The summed E-state index contributed by atoms with van der Waals surface area (Å²) in [6, 6.07) is 27.4. The van der Waals surface area contributed by atoms with Gasteiger partial charge in [0.2, 0.25) is 23.6 Å². The van der Waals surface area contributed by atoms with E-state index in [1.807, 2.05) is 66.7 Å². The van der Waals surface area contributed by atoms with Crippen LogP contribution in [0.25, 0.3) is 11.1 Å².